The van der Waals surface area contributed by atoms with Crippen LogP contribution in [0.3, 0.4) is 0 Å². The molecule has 2 aliphatic heterocycles. The molecule has 2 heterocycles. The number of carbonyl (C=O) groups excluding carboxylic acids is 1. The maximum absolute atomic E-state index is 12.1. The summed E-state index contributed by atoms with van der Waals surface area (Å²) in [7, 11) is 1.71. The lowest BCUT2D eigenvalue weighted by atomic mass is 10.1. The Morgan fingerprint density at radius 1 is 1.38 bits per heavy atom. The number of fused-ring (bicyclic) bond motifs is 1. The van der Waals surface area contributed by atoms with Crippen LogP contribution in [0.2, 0.25) is 0 Å². The third-order valence-electron chi connectivity index (χ3n) is 3.74. The largest absolute Gasteiger partial charge is 0.480 e. The van der Waals surface area contributed by atoms with Crippen LogP contribution in [0.4, 0.5) is 0 Å². The van der Waals surface area contributed by atoms with E-state index in [1.807, 2.05) is 18.2 Å². The van der Waals surface area contributed by atoms with Crippen LogP contribution in [0.15, 0.2) is 18.2 Å². The van der Waals surface area contributed by atoms with E-state index >= 15 is 0 Å². The number of ether oxygens (including phenoxy) is 2. The number of aliphatic carboxylic acids is 1. The summed E-state index contributed by atoms with van der Waals surface area (Å²) in [6.07, 6.45) is -0.00359. The summed E-state index contributed by atoms with van der Waals surface area (Å²) in [6.45, 7) is 0.931. The first-order valence-corrected chi connectivity index (χ1v) is 6.64. The molecule has 1 aromatic carbocycles. The van der Waals surface area contributed by atoms with Crippen molar-refractivity contribution in [1.29, 1.82) is 0 Å². The van der Waals surface area contributed by atoms with Crippen LogP contribution in [0, 0.1) is 0 Å². The molecule has 1 atom stereocenters. The number of carboxylic acid groups (broad SMARTS) is 1. The Balaban J connectivity index is 1.71. The third kappa shape index (κ3) is 2.64. The van der Waals surface area contributed by atoms with E-state index in [9.17, 15) is 9.59 Å². The van der Waals surface area contributed by atoms with Gasteiger partial charge in [-0.2, -0.15) is 0 Å². The summed E-state index contributed by atoms with van der Waals surface area (Å²) in [5, 5.41) is 9.07. The highest BCUT2D eigenvalue weighted by atomic mass is 16.7. The Morgan fingerprint density at radius 2 is 2.14 bits per heavy atom. The lowest BCUT2D eigenvalue weighted by Gasteiger charge is -2.37. The first-order valence-electron chi connectivity index (χ1n) is 6.64. The Morgan fingerprint density at radius 3 is 2.90 bits per heavy atom. The van der Waals surface area contributed by atoms with Crippen molar-refractivity contribution in [3.8, 4) is 11.5 Å². The molecule has 1 aromatic rings. The van der Waals surface area contributed by atoms with E-state index in [2.05, 4.69) is 0 Å². The molecule has 2 aliphatic rings. The molecule has 1 N–H and O–H groups in total. The highest BCUT2D eigenvalue weighted by Gasteiger charge is 2.34. The second kappa shape index (κ2) is 5.25. The zero-order valence-corrected chi connectivity index (χ0v) is 11.6. The molecule has 7 nitrogen and oxygen atoms in total. The van der Waals surface area contributed by atoms with Crippen molar-refractivity contribution in [2.45, 2.75) is 19.0 Å². The zero-order valence-electron chi connectivity index (χ0n) is 11.6. The minimum absolute atomic E-state index is 0.00359. The summed E-state index contributed by atoms with van der Waals surface area (Å²) in [5.74, 6) is 0.257. The van der Waals surface area contributed by atoms with Gasteiger partial charge < -0.3 is 19.5 Å². The highest BCUT2D eigenvalue weighted by Crippen LogP contribution is 2.33. The predicted octanol–water partition coefficient (Wildman–Crippen LogP) is 0.490. The van der Waals surface area contributed by atoms with Crippen LogP contribution in [-0.4, -0.2) is 53.3 Å². The quantitative estimate of drug-likeness (QED) is 0.873. The van der Waals surface area contributed by atoms with E-state index in [4.69, 9.17) is 14.6 Å². The molecule has 1 fully saturated rings. The molecule has 3 rings (SSSR count). The number of benzene rings is 1. The van der Waals surface area contributed by atoms with Gasteiger partial charge in [0.05, 0.1) is 13.1 Å². The van der Waals surface area contributed by atoms with Gasteiger partial charge in [-0.05, 0) is 24.7 Å². The first-order chi connectivity index (χ1) is 10.0. The number of rotatable bonds is 3. The average molecular weight is 292 g/mol. The van der Waals surface area contributed by atoms with Crippen molar-refractivity contribution in [3.63, 3.8) is 0 Å². The second-order valence-corrected chi connectivity index (χ2v) is 5.24. The molecular formula is C14H16N2O5. The molecule has 0 saturated carbocycles. The van der Waals surface area contributed by atoms with Gasteiger partial charge in [-0.1, -0.05) is 6.07 Å². The second-order valence-electron chi connectivity index (χ2n) is 5.24. The van der Waals surface area contributed by atoms with E-state index < -0.39 is 12.0 Å². The van der Waals surface area contributed by atoms with Gasteiger partial charge in [0.25, 0.3) is 0 Å². The molecule has 21 heavy (non-hydrogen) atoms. The Labute approximate surface area is 121 Å². The molecule has 0 bridgehead atoms. The van der Waals surface area contributed by atoms with Gasteiger partial charge in [0.15, 0.2) is 11.5 Å². The van der Waals surface area contributed by atoms with Crippen molar-refractivity contribution < 1.29 is 24.2 Å². The third-order valence-corrected chi connectivity index (χ3v) is 3.74. The molecular weight excluding hydrogens is 276 g/mol. The molecule has 0 radical (unpaired) electrons. The Kier molecular flexibility index (Phi) is 3.42. The molecule has 1 amide bonds. The van der Waals surface area contributed by atoms with Crippen molar-refractivity contribution in [2.75, 3.05) is 20.5 Å². The van der Waals surface area contributed by atoms with Crippen molar-refractivity contribution in [2.24, 2.45) is 0 Å². The summed E-state index contributed by atoms with van der Waals surface area (Å²) < 4.78 is 10.6. The SMILES string of the molecule is CN1CN(Cc2ccc3c(c2)OCO3)C(=O)C[C@H]1C(=O)O. The first kappa shape index (κ1) is 13.7. The van der Waals surface area contributed by atoms with E-state index in [0.29, 0.717) is 24.7 Å². The number of carbonyl (C=O) groups is 2. The van der Waals surface area contributed by atoms with Gasteiger partial charge in [0, 0.05) is 6.54 Å². The maximum Gasteiger partial charge on any atom is 0.321 e. The summed E-state index contributed by atoms with van der Waals surface area (Å²) in [5.41, 5.74) is 0.926. The van der Waals surface area contributed by atoms with Gasteiger partial charge in [0.1, 0.15) is 6.04 Å². The summed E-state index contributed by atoms with van der Waals surface area (Å²) in [6, 6.07) is 4.80. The molecule has 1 saturated heterocycles. The topological polar surface area (TPSA) is 79.3 Å². The monoisotopic (exact) mass is 292 g/mol. The number of likely N-dealkylation sites (N-methyl/N-ethyl adjacent to an activating group) is 1. The summed E-state index contributed by atoms with van der Waals surface area (Å²) >= 11 is 0. The zero-order chi connectivity index (χ0) is 15.0. The van der Waals surface area contributed by atoms with E-state index in [1.54, 1.807) is 16.8 Å². The number of nitrogens with zero attached hydrogens (tertiary/aromatic N) is 2. The number of amides is 1. The molecule has 0 spiro atoms. The Bertz CT molecular complexity index is 589. The van der Waals surface area contributed by atoms with E-state index in [1.165, 1.54) is 0 Å². The van der Waals surface area contributed by atoms with Gasteiger partial charge in [0.2, 0.25) is 12.7 Å². The smallest absolute Gasteiger partial charge is 0.321 e. The van der Waals surface area contributed by atoms with Crippen LogP contribution < -0.4 is 9.47 Å². The van der Waals surface area contributed by atoms with Crippen molar-refractivity contribution in [3.05, 3.63) is 23.8 Å². The van der Waals surface area contributed by atoms with Crippen molar-refractivity contribution >= 4 is 11.9 Å². The van der Waals surface area contributed by atoms with Crippen LogP contribution in [0.1, 0.15) is 12.0 Å². The summed E-state index contributed by atoms with van der Waals surface area (Å²) in [4.78, 5) is 26.4. The molecule has 112 valence electrons. The van der Waals surface area contributed by atoms with Crippen molar-refractivity contribution in [1.82, 2.24) is 9.80 Å². The lowest BCUT2D eigenvalue weighted by molar-refractivity contribution is -0.154. The van der Waals surface area contributed by atoms with E-state index in [-0.39, 0.29) is 19.1 Å². The minimum atomic E-state index is -0.964. The lowest BCUT2D eigenvalue weighted by Crippen LogP contribution is -2.54. The maximum atomic E-state index is 12.1. The fraction of sp³-hybridized carbons (Fsp3) is 0.429. The van der Waals surface area contributed by atoms with Gasteiger partial charge >= 0.3 is 5.97 Å². The van der Waals surface area contributed by atoms with Crippen LogP contribution in [0.25, 0.3) is 0 Å². The highest BCUT2D eigenvalue weighted by molar-refractivity contribution is 5.85. The average Bonchev–Trinajstić information content (AvgIpc) is 2.89. The van der Waals surface area contributed by atoms with E-state index in [0.717, 1.165) is 5.56 Å². The minimum Gasteiger partial charge on any atom is -0.480 e. The number of carboxylic acids is 1. The Hall–Kier alpha value is -2.28. The molecule has 0 unspecified atom stereocenters. The number of hydrogen-bond donors (Lipinski definition) is 1. The normalized spacial score (nSPS) is 21.7. The fourth-order valence-corrected chi connectivity index (χ4v) is 2.57. The predicted molar refractivity (Wildman–Crippen MR) is 71.8 cm³/mol. The fourth-order valence-electron chi connectivity index (χ4n) is 2.57. The molecule has 7 heteroatoms. The number of hydrogen-bond acceptors (Lipinski definition) is 5. The van der Waals surface area contributed by atoms with Crippen LogP contribution in [-0.2, 0) is 16.1 Å². The standard InChI is InChI=1S/C14H16N2O5/c1-15-7-16(13(17)5-10(15)14(18)19)6-9-2-3-11-12(4-9)21-8-20-11/h2-4,10H,5-8H2,1H3,(H,18,19)/t10-/m0/s1. The van der Waals surface area contributed by atoms with Crippen LogP contribution >= 0.6 is 0 Å². The van der Waals surface area contributed by atoms with Gasteiger partial charge in [-0.3, -0.25) is 14.5 Å². The van der Waals surface area contributed by atoms with Crippen LogP contribution in [0.5, 0.6) is 11.5 Å². The van der Waals surface area contributed by atoms with Gasteiger partial charge in [-0.15, -0.1) is 0 Å². The molecule has 0 aliphatic carbocycles. The molecule has 0 aromatic heterocycles. The van der Waals surface area contributed by atoms with Gasteiger partial charge in [-0.25, -0.2) is 0 Å².